The zero-order valence-electron chi connectivity index (χ0n) is 18.5. The number of benzene rings is 1. The summed E-state index contributed by atoms with van der Waals surface area (Å²) in [5.74, 6) is -2.55. The minimum Gasteiger partial charge on any atom is -0.481 e. The van der Waals surface area contributed by atoms with Gasteiger partial charge in [-0.3, -0.25) is 14.4 Å². The first-order chi connectivity index (χ1) is 14.9. The third kappa shape index (κ3) is 5.85. The van der Waals surface area contributed by atoms with E-state index in [1.807, 2.05) is 12.1 Å². The number of nitrogens with two attached hydrogens (primary N) is 1. The molecule has 1 aromatic heterocycles. The molecular formula is C19H27N5O8S2. The summed E-state index contributed by atoms with van der Waals surface area (Å²) in [6.07, 6.45) is 0. The number of hydrogen-bond donors (Lipinski definition) is 5. The molecule has 0 unspecified atom stereocenters. The van der Waals surface area contributed by atoms with Gasteiger partial charge in [0.15, 0.2) is 5.13 Å². The number of anilines is 2. The van der Waals surface area contributed by atoms with Crippen molar-refractivity contribution in [3.63, 3.8) is 0 Å². The maximum absolute atomic E-state index is 12.4. The number of β-lactam (4-membered cyclic amide) rings is 1. The monoisotopic (exact) mass is 517 g/mol. The molecule has 3 heterocycles. The first-order valence-corrected chi connectivity index (χ1v) is 11.2. The SMILES string of the molecule is CC(=O)O.CC1(C)S[C@@H]2[C@H](NC(=O)CNc3ccc4nc(N)sc4c3)C(=O)N2[C@H]1C(=O)O.O.O. The van der Waals surface area contributed by atoms with E-state index in [0.717, 1.165) is 22.8 Å². The predicted molar refractivity (Wildman–Crippen MR) is 129 cm³/mol. The number of hydrogen-bond acceptors (Lipinski definition) is 9. The maximum Gasteiger partial charge on any atom is 0.327 e. The Kier molecular flexibility index (Phi) is 9.23. The Morgan fingerprint density at radius 3 is 2.44 bits per heavy atom. The van der Waals surface area contributed by atoms with Gasteiger partial charge < -0.3 is 42.4 Å². The molecule has 0 saturated carbocycles. The van der Waals surface area contributed by atoms with E-state index in [0.29, 0.717) is 5.13 Å². The topological polar surface area (TPSA) is 238 Å². The second kappa shape index (κ2) is 10.9. The van der Waals surface area contributed by atoms with Crippen molar-refractivity contribution in [2.24, 2.45) is 0 Å². The van der Waals surface area contributed by atoms with Crippen LogP contribution in [-0.4, -0.2) is 83.6 Å². The van der Waals surface area contributed by atoms with E-state index >= 15 is 0 Å². The zero-order valence-corrected chi connectivity index (χ0v) is 20.1. The van der Waals surface area contributed by atoms with E-state index < -0.39 is 28.8 Å². The van der Waals surface area contributed by atoms with E-state index in [2.05, 4.69) is 15.6 Å². The smallest absolute Gasteiger partial charge is 0.327 e. The number of aromatic nitrogens is 1. The number of fused-ring (bicyclic) bond motifs is 2. The van der Waals surface area contributed by atoms with E-state index in [-0.39, 0.29) is 34.7 Å². The molecule has 2 aliphatic heterocycles. The van der Waals surface area contributed by atoms with Crippen LogP contribution in [0.1, 0.15) is 20.8 Å². The third-order valence-electron chi connectivity index (χ3n) is 4.85. The van der Waals surface area contributed by atoms with Crippen LogP contribution in [0.4, 0.5) is 10.8 Å². The summed E-state index contributed by atoms with van der Waals surface area (Å²) in [4.78, 5) is 50.8. The van der Waals surface area contributed by atoms with Gasteiger partial charge in [0, 0.05) is 17.4 Å². The Labute approximate surface area is 202 Å². The molecule has 34 heavy (non-hydrogen) atoms. The van der Waals surface area contributed by atoms with Gasteiger partial charge in [-0.05, 0) is 32.0 Å². The Bertz CT molecular complexity index is 1090. The third-order valence-corrected chi connectivity index (χ3v) is 7.27. The van der Waals surface area contributed by atoms with Gasteiger partial charge in [0.2, 0.25) is 11.8 Å². The minimum absolute atomic E-state index is 0. The second-order valence-corrected chi connectivity index (χ2v) is 10.6. The fraction of sp³-hybridized carbons (Fsp3) is 0.421. The standard InChI is InChI=1S/C17H19N5O4S2.C2H4O2.2H2O/c1-17(2)12(15(25)26)22-13(24)11(14(22)28-17)21-10(23)6-19-7-3-4-8-9(5-7)27-16(18)20-8;1-2(3)4;;/h3-5,11-12,14,19H,6H2,1-2H3,(H2,18,20)(H,21,23)(H,25,26);1H3,(H,3,4);2*1H2/t11-,12+,14-;;;/m1.../s1. The number of carbonyl (C=O) groups is 4. The number of nitrogens with one attached hydrogen (secondary N) is 2. The highest BCUT2D eigenvalue weighted by Crippen LogP contribution is 2.50. The number of aliphatic carboxylic acids is 2. The molecule has 3 atom stereocenters. The Morgan fingerprint density at radius 2 is 1.85 bits per heavy atom. The van der Waals surface area contributed by atoms with Crippen molar-refractivity contribution in [1.82, 2.24) is 15.2 Å². The van der Waals surface area contributed by atoms with Crippen LogP contribution in [-0.2, 0) is 19.2 Å². The van der Waals surface area contributed by atoms with Gasteiger partial charge in [0.1, 0.15) is 17.5 Å². The molecule has 10 N–H and O–H groups in total. The summed E-state index contributed by atoms with van der Waals surface area (Å²) in [6.45, 7) is 4.67. The molecular weight excluding hydrogens is 490 g/mol. The van der Waals surface area contributed by atoms with Gasteiger partial charge in [0.25, 0.3) is 5.97 Å². The number of thioether (sulfide) groups is 1. The molecule has 13 nitrogen and oxygen atoms in total. The average molecular weight is 518 g/mol. The molecule has 1 aromatic carbocycles. The lowest BCUT2D eigenvalue weighted by Gasteiger charge is -2.43. The molecule has 2 fully saturated rings. The zero-order chi connectivity index (χ0) is 23.8. The molecule has 0 radical (unpaired) electrons. The number of rotatable bonds is 5. The molecule has 0 spiro atoms. The number of carboxylic acids is 2. The van der Waals surface area contributed by atoms with Crippen molar-refractivity contribution < 1.29 is 40.3 Å². The van der Waals surface area contributed by atoms with E-state index in [1.165, 1.54) is 28.0 Å². The number of nitrogens with zero attached hydrogens (tertiary/aromatic N) is 2. The van der Waals surface area contributed by atoms with Gasteiger partial charge >= 0.3 is 5.97 Å². The van der Waals surface area contributed by atoms with Gasteiger partial charge in [0.05, 0.1) is 16.8 Å². The molecule has 0 bridgehead atoms. The summed E-state index contributed by atoms with van der Waals surface area (Å²) in [5, 5.41) is 22.7. The number of amides is 2. The minimum atomic E-state index is -1.03. The lowest BCUT2D eigenvalue weighted by atomic mass is 9.96. The van der Waals surface area contributed by atoms with Gasteiger partial charge in [-0.1, -0.05) is 11.3 Å². The number of thiazole rings is 1. The first-order valence-electron chi connectivity index (χ1n) is 9.52. The Morgan fingerprint density at radius 1 is 1.24 bits per heavy atom. The normalized spacial score (nSPS) is 21.6. The summed E-state index contributed by atoms with van der Waals surface area (Å²) < 4.78 is 0.299. The van der Waals surface area contributed by atoms with Gasteiger partial charge in [-0.25, -0.2) is 9.78 Å². The lowest BCUT2D eigenvalue weighted by molar-refractivity contribution is -0.161. The van der Waals surface area contributed by atoms with E-state index in [9.17, 15) is 19.5 Å². The molecule has 188 valence electrons. The molecule has 2 aliphatic rings. The van der Waals surface area contributed by atoms with Crippen LogP contribution >= 0.6 is 23.1 Å². The fourth-order valence-electron chi connectivity index (χ4n) is 3.60. The highest BCUT2D eigenvalue weighted by molar-refractivity contribution is 8.01. The van der Waals surface area contributed by atoms with Crippen LogP contribution in [0.5, 0.6) is 0 Å². The van der Waals surface area contributed by atoms with Crippen molar-refractivity contribution in [2.75, 3.05) is 17.6 Å². The number of nitrogen functional groups attached to an aromatic ring is 1. The highest BCUT2D eigenvalue weighted by atomic mass is 32.2. The lowest BCUT2D eigenvalue weighted by Crippen LogP contribution is -2.70. The molecule has 15 heteroatoms. The second-order valence-electron chi connectivity index (χ2n) is 7.75. The number of carboxylic acid groups (broad SMARTS) is 2. The molecule has 2 saturated heterocycles. The summed E-state index contributed by atoms with van der Waals surface area (Å²) >= 11 is 2.76. The van der Waals surface area contributed by atoms with E-state index in [1.54, 1.807) is 19.9 Å². The predicted octanol–water partition coefficient (Wildman–Crippen LogP) is -0.636. The van der Waals surface area contributed by atoms with Crippen LogP contribution in [0.3, 0.4) is 0 Å². The fourth-order valence-corrected chi connectivity index (χ4v) is 6.00. The van der Waals surface area contributed by atoms with Gasteiger partial charge in [-0.2, -0.15) is 0 Å². The summed E-state index contributed by atoms with van der Waals surface area (Å²) in [5.41, 5.74) is 7.23. The highest BCUT2D eigenvalue weighted by Gasteiger charge is 2.64. The van der Waals surface area contributed by atoms with E-state index in [4.69, 9.17) is 15.6 Å². The van der Waals surface area contributed by atoms with Crippen molar-refractivity contribution in [2.45, 2.75) is 43.0 Å². The maximum atomic E-state index is 12.4. The largest absolute Gasteiger partial charge is 0.481 e. The Hall–Kier alpha value is -3.14. The number of carbonyl (C=O) groups excluding carboxylic acids is 2. The molecule has 4 rings (SSSR count). The van der Waals surface area contributed by atoms with Crippen LogP contribution < -0.4 is 16.4 Å². The Balaban J connectivity index is 0.000000895. The van der Waals surface area contributed by atoms with Crippen molar-refractivity contribution in [3.8, 4) is 0 Å². The summed E-state index contributed by atoms with van der Waals surface area (Å²) in [7, 11) is 0. The summed E-state index contributed by atoms with van der Waals surface area (Å²) in [6, 6.07) is 3.89. The molecule has 2 amide bonds. The van der Waals surface area contributed by atoms with Crippen LogP contribution in [0.25, 0.3) is 10.2 Å². The van der Waals surface area contributed by atoms with Crippen LogP contribution in [0.2, 0.25) is 0 Å². The molecule has 2 aromatic rings. The van der Waals surface area contributed by atoms with Crippen molar-refractivity contribution in [1.29, 1.82) is 0 Å². The molecule has 0 aliphatic carbocycles. The first kappa shape index (κ1) is 28.9. The van der Waals surface area contributed by atoms with Crippen molar-refractivity contribution in [3.05, 3.63) is 18.2 Å². The van der Waals surface area contributed by atoms with Crippen molar-refractivity contribution >= 4 is 67.9 Å². The van der Waals surface area contributed by atoms with Gasteiger partial charge in [-0.15, -0.1) is 11.8 Å². The average Bonchev–Trinajstić information content (AvgIpc) is 3.17. The van der Waals surface area contributed by atoms with Crippen LogP contribution in [0, 0.1) is 0 Å². The quantitative estimate of drug-likeness (QED) is 0.314. The van der Waals surface area contributed by atoms with Crippen LogP contribution in [0.15, 0.2) is 18.2 Å².